The van der Waals surface area contributed by atoms with E-state index in [9.17, 15) is 14.4 Å². The van der Waals surface area contributed by atoms with Crippen molar-refractivity contribution in [3.63, 3.8) is 0 Å². The maximum atomic E-state index is 13.5. The predicted molar refractivity (Wildman–Crippen MR) is 129 cm³/mol. The molecule has 0 aromatic heterocycles. The van der Waals surface area contributed by atoms with Crippen LogP contribution in [0.3, 0.4) is 0 Å². The molecule has 0 saturated heterocycles. The number of aryl methyl sites for hydroxylation is 1. The van der Waals surface area contributed by atoms with Crippen molar-refractivity contribution >= 4 is 34.5 Å². The molecular weight excluding hydrogens is 412 g/mol. The van der Waals surface area contributed by atoms with Crippen molar-refractivity contribution in [2.24, 2.45) is 0 Å². The number of hydrogen-bond acceptors (Lipinski definition) is 4. The molecule has 0 saturated carbocycles. The normalized spacial score (nSPS) is 12.0. The minimum absolute atomic E-state index is 0.195. The fraction of sp³-hybridized carbons (Fsp3) is 0.0357. The van der Waals surface area contributed by atoms with Crippen molar-refractivity contribution < 1.29 is 14.4 Å². The Morgan fingerprint density at radius 1 is 0.667 bits per heavy atom. The lowest BCUT2D eigenvalue weighted by molar-refractivity contribution is 0.0979. The summed E-state index contributed by atoms with van der Waals surface area (Å²) < 4.78 is 0. The van der Waals surface area contributed by atoms with Gasteiger partial charge < -0.3 is 10.6 Å². The molecule has 0 unspecified atom stereocenters. The van der Waals surface area contributed by atoms with Crippen LogP contribution in [0.25, 0.3) is 0 Å². The third-order valence-corrected chi connectivity index (χ3v) is 5.66. The lowest BCUT2D eigenvalue weighted by Gasteiger charge is -2.23. The van der Waals surface area contributed by atoms with Crippen molar-refractivity contribution in [3.8, 4) is 0 Å². The third-order valence-electron chi connectivity index (χ3n) is 5.66. The summed E-state index contributed by atoms with van der Waals surface area (Å²) in [4.78, 5) is 39.9. The topological polar surface area (TPSA) is 75.3 Å². The van der Waals surface area contributed by atoms with Gasteiger partial charge in [0, 0.05) is 22.4 Å². The van der Waals surface area contributed by atoms with E-state index in [0.717, 1.165) is 11.3 Å². The zero-order chi connectivity index (χ0) is 22.9. The molecule has 5 nitrogen and oxygen atoms in total. The van der Waals surface area contributed by atoms with Gasteiger partial charge in [-0.05, 0) is 48.9 Å². The van der Waals surface area contributed by atoms with Gasteiger partial charge in [0.25, 0.3) is 5.91 Å². The quantitative estimate of drug-likeness (QED) is 0.378. The summed E-state index contributed by atoms with van der Waals surface area (Å²) in [5, 5.41) is 6.11. The van der Waals surface area contributed by atoms with Crippen molar-refractivity contribution in [3.05, 3.63) is 124 Å². The van der Waals surface area contributed by atoms with Crippen LogP contribution in [-0.2, 0) is 0 Å². The minimum atomic E-state index is -0.351. The smallest absolute Gasteiger partial charge is 0.255 e. The molecule has 33 heavy (non-hydrogen) atoms. The summed E-state index contributed by atoms with van der Waals surface area (Å²) in [6.45, 7) is 1.98. The molecule has 0 aliphatic heterocycles. The third kappa shape index (κ3) is 3.70. The Labute approximate surface area is 191 Å². The fourth-order valence-corrected chi connectivity index (χ4v) is 4.09. The van der Waals surface area contributed by atoms with Crippen LogP contribution in [0.1, 0.15) is 47.8 Å². The Bertz CT molecular complexity index is 1420. The summed E-state index contributed by atoms with van der Waals surface area (Å²) in [7, 11) is 0. The van der Waals surface area contributed by atoms with Gasteiger partial charge in [-0.25, -0.2) is 0 Å². The van der Waals surface area contributed by atoms with E-state index in [4.69, 9.17) is 0 Å². The van der Waals surface area contributed by atoms with Crippen molar-refractivity contribution in [2.75, 3.05) is 10.6 Å². The Hall–Kier alpha value is -4.51. The average molecular weight is 432 g/mol. The first kappa shape index (κ1) is 20.4. The Morgan fingerprint density at radius 3 is 1.94 bits per heavy atom. The second-order valence-electron chi connectivity index (χ2n) is 7.93. The van der Waals surface area contributed by atoms with Gasteiger partial charge in [-0.1, -0.05) is 54.6 Å². The standard InChI is InChI=1S/C28H20N2O3/c1-17-8-7-11-19(16-17)29-22-14-15-23(30-28(33)18-9-3-2-4-10-18)25-24(22)26(31)20-12-5-6-13-21(20)27(25)32/h2-16,29H,1H3,(H,30,33). The molecule has 0 bridgehead atoms. The van der Waals surface area contributed by atoms with E-state index < -0.39 is 0 Å². The highest BCUT2D eigenvalue weighted by Gasteiger charge is 2.34. The molecule has 1 aliphatic carbocycles. The number of benzene rings is 4. The lowest BCUT2D eigenvalue weighted by Crippen LogP contribution is -2.25. The number of carbonyl (C=O) groups excluding carboxylic acids is 3. The molecule has 0 atom stereocenters. The molecule has 1 amide bonds. The van der Waals surface area contributed by atoms with E-state index in [1.165, 1.54) is 0 Å². The van der Waals surface area contributed by atoms with Gasteiger partial charge in [-0.3, -0.25) is 14.4 Å². The van der Waals surface area contributed by atoms with E-state index in [1.54, 1.807) is 60.7 Å². The molecule has 0 spiro atoms. The number of anilines is 3. The predicted octanol–water partition coefficient (Wildman–Crippen LogP) is 5.77. The Morgan fingerprint density at radius 2 is 1.27 bits per heavy atom. The van der Waals surface area contributed by atoms with Gasteiger partial charge in [0.15, 0.2) is 11.6 Å². The molecule has 2 N–H and O–H groups in total. The maximum Gasteiger partial charge on any atom is 0.255 e. The van der Waals surface area contributed by atoms with Crippen LogP contribution >= 0.6 is 0 Å². The Kier molecular flexibility index (Phi) is 5.07. The van der Waals surface area contributed by atoms with E-state index in [-0.39, 0.29) is 28.6 Å². The highest BCUT2D eigenvalue weighted by molar-refractivity contribution is 6.32. The number of fused-ring (bicyclic) bond motifs is 2. The van der Waals surface area contributed by atoms with Crippen LogP contribution in [0.2, 0.25) is 0 Å². The number of carbonyl (C=O) groups is 3. The monoisotopic (exact) mass is 432 g/mol. The van der Waals surface area contributed by atoms with E-state index in [1.807, 2.05) is 37.3 Å². The summed E-state index contributed by atoms with van der Waals surface area (Å²) >= 11 is 0. The maximum absolute atomic E-state index is 13.5. The average Bonchev–Trinajstić information content (AvgIpc) is 2.84. The molecule has 4 aromatic carbocycles. The fourth-order valence-electron chi connectivity index (χ4n) is 4.09. The molecule has 0 radical (unpaired) electrons. The highest BCUT2D eigenvalue weighted by atomic mass is 16.2. The highest BCUT2D eigenvalue weighted by Crippen LogP contribution is 2.37. The van der Waals surface area contributed by atoms with Gasteiger partial charge >= 0.3 is 0 Å². The van der Waals surface area contributed by atoms with Crippen LogP contribution in [0, 0.1) is 6.92 Å². The van der Waals surface area contributed by atoms with Crippen LogP contribution in [-0.4, -0.2) is 17.5 Å². The molecule has 5 heteroatoms. The second kappa shape index (κ2) is 8.20. The van der Waals surface area contributed by atoms with Crippen LogP contribution in [0.4, 0.5) is 17.1 Å². The van der Waals surface area contributed by atoms with Crippen LogP contribution in [0.15, 0.2) is 91.0 Å². The lowest BCUT2D eigenvalue weighted by atomic mass is 9.82. The van der Waals surface area contributed by atoms with Crippen molar-refractivity contribution in [2.45, 2.75) is 6.92 Å². The SMILES string of the molecule is Cc1cccc(Nc2ccc(NC(=O)c3ccccc3)c3c2C(=O)c2ccccc2C3=O)c1. The van der Waals surface area contributed by atoms with Crippen LogP contribution in [0.5, 0.6) is 0 Å². The van der Waals surface area contributed by atoms with Gasteiger partial charge in [-0.15, -0.1) is 0 Å². The molecule has 5 rings (SSSR count). The zero-order valence-electron chi connectivity index (χ0n) is 17.9. The molecule has 1 aliphatic rings. The first-order valence-corrected chi connectivity index (χ1v) is 10.6. The second-order valence-corrected chi connectivity index (χ2v) is 7.93. The number of hydrogen-bond donors (Lipinski definition) is 2. The Balaban J connectivity index is 1.64. The van der Waals surface area contributed by atoms with E-state index in [0.29, 0.717) is 28.1 Å². The minimum Gasteiger partial charge on any atom is -0.355 e. The van der Waals surface area contributed by atoms with Crippen molar-refractivity contribution in [1.29, 1.82) is 0 Å². The largest absolute Gasteiger partial charge is 0.355 e. The zero-order valence-corrected chi connectivity index (χ0v) is 17.9. The molecular formula is C28H20N2O3. The molecule has 160 valence electrons. The van der Waals surface area contributed by atoms with E-state index >= 15 is 0 Å². The molecule has 4 aromatic rings. The number of amides is 1. The molecule has 0 fully saturated rings. The molecule has 0 heterocycles. The number of nitrogens with one attached hydrogen (secondary N) is 2. The first-order chi connectivity index (χ1) is 16.0. The van der Waals surface area contributed by atoms with Gasteiger partial charge in [-0.2, -0.15) is 0 Å². The van der Waals surface area contributed by atoms with Gasteiger partial charge in [0.1, 0.15) is 0 Å². The van der Waals surface area contributed by atoms with Gasteiger partial charge in [0.2, 0.25) is 0 Å². The summed E-state index contributed by atoms with van der Waals surface area (Å²) in [6, 6.07) is 26.6. The number of rotatable bonds is 4. The summed E-state index contributed by atoms with van der Waals surface area (Å²) in [5.74, 6) is -0.904. The van der Waals surface area contributed by atoms with Gasteiger partial charge in [0.05, 0.1) is 22.5 Å². The van der Waals surface area contributed by atoms with Crippen molar-refractivity contribution in [1.82, 2.24) is 0 Å². The summed E-state index contributed by atoms with van der Waals surface area (Å²) in [5.41, 5.74) is 4.29. The van der Waals surface area contributed by atoms with E-state index in [2.05, 4.69) is 10.6 Å². The first-order valence-electron chi connectivity index (χ1n) is 10.6. The summed E-state index contributed by atoms with van der Waals surface area (Å²) in [6.07, 6.45) is 0. The van der Waals surface area contributed by atoms with Crippen LogP contribution < -0.4 is 10.6 Å². The number of ketones is 2.